The Labute approximate surface area is 34.9 Å². The lowest BCUT2D eigenvalue weighted by Crippen LogP contribution is -1.88. The van der Waals surface area contributed by atoms with Crippen LogP contribution in [-0.4, -0.2) is 19.4 Å². The lowest BCUT2D eigenvalue weighted by molar-refractivity contribution is 0.131. The fourth-order valence-corrected chi connectivity index (χ4v) is 0.292. The largest absolute Gasteiger partial charge is 0.508 e. The topological polar surface area (TPSA) is 35.5 Å². The van der Waals surface area contributed by atoms with Crippen LogP contribution in [0.4, 0.5) is 4.79 Å². The van der Waals surface area contributed by atoms with Crippen LogP contribution in [-0.2, 0) is 9.47 Å². The molecule has 0 aromatic carbocycles. The molecular formula is C3H4O3. The van der Waals surface area contributed by atoms with Crippen LogP contribution in [0.2, 0.25) is 0 Å². The summed E-state index contributed by atoms with van der Waals surface area (Å²) >= 11 is 0. The molecule has 0 aromatic rings. The van der Waals surface area contributed by atoms with Gasteiger partial charge in [0.1, 0.15) is 13.2 Å². The monoisotopic (exact) mass is 89.0 g/mol. The molecular weight excluding hydrogens is 85.0 g/mol. The van der Waals surface area contributed by atoms with Crippen LogP contribution in [0, 0.1) is 0 Å². The van der Waals surface area contributed by atoms with Gasteiger partial charge in [-0.1, -0.05) is 0 Å². The molecule has 0 saturated carbocycles. The Balaban J connectivity index is 2.37. The van der Waals surface area contributed by atoms with Crippen molar-refractivity contribution in [2.24, 2.45) is 0 Å². The third-order valence-corrected chi connectivity index (χ3v) is 0.523. The highest BCUT2D eigenvalue weighted by atomic mass is 16.9. The van der Waals surface area contributed by atoms with Gasteiger partial charge < -0.3 is 9.47 Å². The van der Waals surface area contributed by atoms with Gasteiger partial charge in [0, 0.05) is 0 Å². The molecule has 3 heteroatoms. The summed E-state index contributed by atoms with van der Waals surface area (Å²) < 4.78 is 8.58. The molecule has 1 saturated heterocycles. The van der Waals surface area contributed by atoms with Crippen molar-refractivity contribution in [3.05, 3.63) is 0 Å². The third kappa shape index (κ3) is 0.429. The van der Waals surface area contributed by atoms with E-state index in [9.17, 15) is 4.79 Å². The van der Waals surface area contributed by atoms with Crippen LogP contribution in [0.15, 0.2) is 0 Å². The predicted molar refractivity (Wildman–Crippen MR) is 17.3 cm³/mol. The summed E-state index contributed by atoms with van der Waals surface area (Å²) in [7, 11) is 0. The molecule has 0 aliphatic carbocycles. The number of hydrogen-bond acceptors (Lipinski definition) is 3. The van der Waals surface area contributed by atoms with Gasteiger partial charge in [0.25, 0.3) is 0 Å². The number of ether oxygens (including phenoxy) is 2. The van der Waals surface area contributed by atoms with Gasteiger partial charge in [-0.05, 0) is 0 Å². The van der Waals surface area contributed by atoms with E-state index in [2.05, 4.69) is 9.47 Å². The van der Waals surface area contributed by atoms with Crippen LogP contribution < -0.4 is 0 Å². The summed E-state index contributed by atoms with van der Waals surface area (Å²) in [6, 6.07) is 0. The highest BCUT2D eigenvalue weighted by Crippen LogP contribution is 1.92. The lowest BCUT2D eigenvalue weighted by Gasteiger charge is -1.78. The number of rotatable bonds is 0. The van der Waals surface area contributed by atoms with Gasteiger partial charge in [0.15, 0.2) is 0 Å². The number of carbonyl (C=O) groups is 1. The summed E-state index contributed by atoms with van der Waals surface area (Å²) in [5.41, 5.74) is 0. The van der Waals surface area contributed by atoms with Crippen molar-refractivity contribution in [3.63, 3.8) is 0 Å². The molecule has 0 radical (unpaired) electrons. The van der Waals surface area contributed by atoms with Gasteiger partial charge in [-0.15, -0.1) is 0 Å². The van der Waals surface area contributed by atoms with E-state index in [0.717, 1.165) is 0 Å². The zero-order valence-electron chi connectivity index (χ0n) is 3.14. The van der Waals surface area contributed by atoms with Crippen LogP contribution >= 0.6 is 0 Å². The van der Waals surface area contributed by atoms with Gasteiger partial charge in [0.05, 0.1) is 0 Å². The number of carbonyl (C=O) groups excluding carboxylic acids is 1. The summed E-state index contributed by atoms with van der Waals surface area (Å²) in [5.74, 6) is 0. The van der Waals surface area contributed by atoms with E-state index in [0.29, 0.717) is 13.2 Å². The number of cyclic esters (lactones) is 2. The Kier molecular flexibility index (Phi) is 0.670. The average Bonchev–Trinajstić information content (AvgIpc) is 1.86. The first-order chi connectivity index (χ1) is 2.89. The molecule has 0 aromatic heterocycles. The highest BCUT2D eigenvalue weighted by Gasteiger charge is 2.09. The molecule has 0 spiro atoms. The van der Waals surface area contributed by atoms with E-state index >= 15 is 0 Å². The second kappa shape index (κ2) is 1.16. The first-order valence-corrected chi connectivity index (χ1v) is 1.69. The molecule has 1 rings (SSSR count). The SMILES string of the molecule is O=[13C]1OCCO1. The Bertz CT molecular complexity index is 60.4. The predicted octanol–water partition coefficient (Wildman–Crippen LogP) is 0.153. The third-order valence-electron chi connectivity index (χ3n) is 0.523. The lowest BCUT2D eigenvalue weighted by atomic mass is 10.8. The van der Waals surface area contributed by atoms with Crippen molar-refractivity contribution >= 4 is 6.16 Å². The molecule has 0 atom stereocenters. The van der Waals surface area contributed by atoms with E-state index < -0.39 is 6.16 Å². The molecule has 3 nitrogen and oxygen atoms in total. The Morgan fingerprint density at radius 1 is 1.33 bits per heavy atom. The van der Waals surface area contributed by atoms with Crippen molar-refractivity contribution in [2.75, 3.05) is 13.2 Å². The van der Waals surface area contributed by atoms with E-state index in [1.54, 1.807) is 0 Å². The van der Waals surface area contributed by atoms with E-state index in [1.165, 1.54) is 0 Å². The van der Waals surface area contributed by atoms with Crippen LogP contribution in [0.1, 0.15) is 0 Å². The minimum Gasteiger partial charge on any atom is -0.431 e. The van der Waals surface area contributed by atoms with Gasteiger partial charge in [-0.3, -0.25) is 0 Å². The Morgan fingerprint density at radius 2 is 1.83 bits per heavy atom. The molecule has 0 amide bonds. The quantitative estimate of drug-likeness (QED) is 0.313. The smallest absolute Gasteiger partial charge is 0.431 e. The van der Waals surface area contributed by atoms with E-state index in [4.69, 9.17) is 0 Å². The average molecular weight is 89.1 g/mol. The molecule has 1 aliphatic rings. The molecule has 0 N–H and O–H groups in total. The zero-order valence-corrected chi connectivity index (χ0v) is 3.14. The summed E-state index contributed by atoms with van der Waals surface area (Å²) in [6.07, 6.45) is -0.546. The fraction of sp³-hybridized carbons (Fsp3) is 0.667. The van der Waals surface area contributed by atoms with Gasteiger partial charge >= 0.3 is 6.16 Å². The Hall–Kier alpha value is -0.730. The minimum absolute atomic E-state index is 0.416. The summed E-state index contributed by atoms with van der Waals surface area (Å²) in [6.45, 7) is 0.831. The number of hydrogen-bond donors (Lipinski definition) is 0. The van der Waals surface area contributed by atoms with Crippen molar-refractivity contribution in [3.8, 4) is 0 Å². The van der Waals surface area contributed by atoms with Crippen molar-refractivity contribution in [1.82, 2.24) is 0 Å². The second-order valence-corrected chi connectivity index (χ2v) is 0.947. The second-order valence-electron chi connectivity index (χ2n) is 0.947. The van der Waals surface area contributed by atoms with Crippen LogP contribution in [0.5, 0.6) is 0 Å². The molecule has 1 heterocycles. The molecule has 34 valence electrons. The Morgan fingerprint density at radius 3 is 2.00 bits per heavy atom. The minimum atomic E-state index is -0.546. The summed E-state index contributed by atoms with van der Waals surface area (Å²) in [5, 5.41) is 0. The normalized spacial score (nSPS) is 19.7. The van der Waals surface area contributed by atoms with Gasteiger partial charge in [0.2, 0.25) is 0 Å². The maximum absolute atomic E-state index is 9.80. The van der Waals surface area contributed by atoms with Gasteiger partial charge in [-0.25, -0.2) is 4.79 Å². The summed E-state index contributed by atoms with van der Waals surface area (Å²) in [4.78, 5) is 9.80. The molecule has 1 aliphatic heterocycles. The highest BCUT2D eigenvalue weighted by molar-refractivity contribution is 5.61. The first kappa shape index (κ1) is 3.46. The fourth-order valence-electron chi connectivity index (χ4n) is 0.292. The van der Waals surface area contributed by atoms with Gasteiger partial charge in [-0.2, -0.15) is 0 Å². The maximum atomic E-state index is 9.80. The zero-order chi connectivity index (χ0) is 4.41. The van der Waals surface area contributed by atoms with Crippen molar-refractivity contribution in [2.45, 2.75) is 0 Å². The molecule has 1 fully saturated rings. The van der Waals surface area contributed by atoms with E-state index in [1.807, 2.05) is 0 Å². The van der Waals surface area contributed by atoms with Crippen molar-refractivity contribution < 1.29 is 14.3 Å². The molecule has 0 bridgehead atoms. The standard InChI is InChI=1S/C3H4O3/c4-3-5-1-2-6-3/h1-2H2/i3+1. The maximum Gasteiger partial charge on any atom is 0.508 e. The van der Waals surface area contributed by atoms with Crippen LogP contribution in [0.3, 0.4) is 0 Å². The van der Waals surface area contributed by atoms with E-state index in [-0.39, 0.29) is 0 Å². The first-order valence-electron chi connectivity index (χ1n) is 1.69. The van der Waals surface area contributed by atoms with Crippen LogP contribution in [0.25, 0.3) is 0 Å². The van der Waals surface area contributed by atoms with Crippen molar-refractivity contribution in [1.29, 1.82) is 0 Å². The molecule has 0 unspecified atom stereocenters. The molecule has 6 heavy (non-hydrogen) atoms.